The molecular weight excluding hydrogens is 380 g/mol. The highest BCUT2D eigenvalue weighted by Crippen LogP contribution is 2.32. The molecule has 1 aliphatic rings. The molecule has 0 N–H and O–H groups in total. The number of carbonyl (C=O) groups excluding carboxylic acids is 1. The van der Waals surface area contributed by atoms with Crippen LogP contribution in [0, 0.1) is 6.92 Å². The summed E-state index contributed by atoms with van der Waals surface area (Å²) in [6.45, 7) is 4.20. The number of aryl methyl sites for hydroxylation is 1. The summed E-state index contributed by atoms with van der Waals surface area (Å²) in [5.74, 6) is 0.700. The van der Waals surface area contributed by atoms with Crippen molar-refractivity contribution >= 4 is 50.0 Å². The molecule has 6 heteroatoms. The van der Waals surface area contributed by atoms with Crippen molar-refractivity contribution in [2.45, 2.75) is 25.7 Å². The third kappa shape index (κ3) is 3.62. The molecule has 0 saturated carbocycles. The van der Waals surface area contributed by atoms with Crippen LogP contribution in [0.2, 0.25) is 0 Å². The molecule has 0 bridgehead atoms. The average Bonchev–Trinajstić information content (AvgIpc) is 2.71. The van der Waals surface area contributed by atoms with Crippen molar-refractivity contribution in [2.24, 2.45) is 0 Å². The smallest absolute Gasteiger partial charge is 0.185 e. The van der Waals surface area contributed by atoms with Gasteiger partial charge in [0.2, 0.25) is 0 Å². The summed E-state index contributed by atoms with van der Waals surface area (Å²) in [5.41, 5.74) is 0.897. The largest absolute Gasteiger partial charge is 0.306 e. The molecule has 1 saturated heterocycles. The molecule has 2 heterocycles. The molecule has 0 aromatic carbocycles. The van der Waals surface area contributed by atoms with E-state index < -0.39 is 0 Å². The van der Waals surface area contributed by atoms with Crippen LogP contribution in [-0.4, -0.2) is 41.1 Å². The average molecular weight is 398 g/mol. The van der Waals surface area contributed by atoms with E-state index in [2.05, 4.69) is 32.9 Å². The molecule has 0 radical (unpaired) electrons. The molecule has 102 valence electrons. The third-order valence-electron chi connectivity index (χ3n) is 3.26. The van der Waals surface area contributed by atoms with Gasteiger partial charge in [-0.2, -0.15) is 0 Å². The van der Waals surface area contributed by atoms with E-state index in [-0.39, 0.29) is 22.8 Å². The molecule has 1 aromatic heterocycles. The number of halogens is 2. The number of carbonyl (C=O) groups is 1. The molecule has 2 rings (SSSR count). The lowest BCUT2D eigenvalue weighted by atomic mass is 9.98. The van der Waals surface area contributed by atoms with Crippen LogP contribution in [-0.2, 0) is 0 Å². The van der Waals surface area contributed by atoms with Crippen LogP contribution in [0.15, 0.2) is 0 Å². The number of Topliss-reactive ketones (excluding diaryl/α,β-unsaturated/α-hetero) is 1. The fraction of sp³-hybridized carbons (Fsp3) is 0.667. The van der Waals surface area contributed by atoms with E-state index >= 15 is 0 Å². The molecule has 0 amide bonds. The van der Waals surface area contributed by atoms with E-state index in [1.54, 1.807) is 11.3 Å². The second-order valence-corrected chi connectivity index (χ2v) is 6.19. The fourth-order valence-electron chi connectivity index (χ4n) is 2.17. The molecule has 0 unspecified atom stereocenters. The Bertz CT molecular complexity index is 414. The quantitative estimate of drug-likeness (QED) is 0.578. The second kappa shape index (κ2) is 7.12. The summed E-state index contributed by atoms with van der Waals surface area (Å²) in [6.07, 6.45) is 2.32. The van der Waals surface area contributed by atoms with Gasteiger partial charge in [-0.3, -0.25) is 4.79 Å². The number of rotatable bonds is 3. The number of likely N-dealkylation sites (tertiary alicyclic amines) is 1. The zero-order valence-electron chi connectivity index (χ0n) is 10.6. The van der Waals surface area contributed by atoms with Gasteiger partial charge in [-0.1, -0.05) is 15.9 Å². The normalized spacial score (nSPS) is 17.5. The predicted molar refractivity (Wildman–Crippen MR) is 84.8 cm³/mol. The van der Waals surface area contributed by atoms with Crippen LogP contribution >= 0.6 is 44.2 Å². The Labute approximate surface area is 131 Å². The maximum absolute atomic E-state index is 11.7. The first kappa shape index (κ1) is 16.3. The lowest BCUT2D eigenvalue weighted by Gasteiger charge is -2.27. The van der Waals surface area contributed by atoms with Crippen LogP contribution in [0.25, 0.3) is 0 Å². The van der Waals surface area contributed by atoms with Crippen LogP contribution < -0.4 is 0 Å². The molecular formula is C12H18Br2N2OS. The van der Waals surface area contributed by atoms with Gasteiger partial charge in [0.15, 0.2) is 5.78 Å². The number of aromatic nitrogens is 1. The lowest BCUT2D eigenvalue weighted by Crippen LogP contribution is -2.29. The van der Waals surface area contributed by atoms with Crippen molar-refractivity contribution < 1.29 is 4.79 Å². The summed E-state index contributed by atoms with van der Waals surface area (Å²) >= 11 is 4.81. The molecule has 0 aliphatic carbocycles. The van der Waals surface area contributed by atoms with Gasteiger partial charge < -0.3 is 4.90 Å². The number of hydrogen-bond acceptors (Lipinski definition) is 4. The van der Waals surface area contributed by atoms with Crippen molar-refractivity contribution in [2.75, 3.05) is 25.5 Å². The van der Waals surface area contributed by atoms with Crippen molar-refractivity contribution in [1.29, 1.82) is 0 Å². The van der Waals surface area contributed by atoms with Gasteiger partial charge in [-0.05, 0) is 39.9 Å². The zero-order valence-corrected chi connectivity index (χ0v) is 14.7. The van der Waals surface area contributed by atoms with Gasteiger partial charge in [0, 0.05) is 5.92 Å². The number of piperidine rings is 1. The standard InChI is InChI=1S/C12H17BrN2OS.BrH/c1-8-11(10(16)7-13)17-12(14-8)9-3-5-15(2)6-4-9;/h9H,3-7H2,1-2H3;1H. The van der Waals surface area contributed by atoms with Gasteiger partial charge in [0.05, 0.1) is 20.9 Å². The third-order valence-corrected chi connectivity index (χ3v) is 5.13. The topological polar surface area (TPSA) is 33.2 Å². The van der Waals surface area contributed by atoms with Crippen LogP contribution in [0.4, 0.5) is 0 Å². The van der Waals surface area contributed by atoms with Gasteiger partial charge >= 0.3 is 0 Å². The summed E-state index contributed by atoms with van der Waals surface area (Å²) in [4.78, 5) is 19.5. The van der Waals surface area contributed by atoms with Crippen molar-refractivity contribution in [3.63, 3.8) is 0 Å². The van der Waals surface area contributed by atoms with Gasteiger partial charge in [0.1, 0.15) is 0 Å². The van der Waals surface area contributed by atoms with Crippen molar-refractivity contribution in [3.05, 3.63) is 15.6 Å². The number of ketones is 1. The van der Waals surface area contributed by atoms with E-state index in [4.69, 9.17) is 0 Å². The summed E-state index contributed by atoms with van der Waals surface area (Å²) < 4.78 is 0. The van der Waals surface area contributed by atoms with Gasteiger partial charge in [-0.25, -0.2) is 4.98 Å². The van der Waals surface area contributed by atoms with E-state index in [0.717, 1.165) is 41.5 Å². The molecule has 3 nitrogen and oxygen atoms in total. The number of thiazole rings is 1. The summed E-state index contributed by atoms with van der Waals surface area (Å²) in [5, 5.41) is 1.54. The van der Waals surface area contributed by atoms with Crippen molar-refractivity contribution in [1.82, 2.24) is 9.88 Å². The number of nitrogens with zero attached hydrogens (tertiary/aromatic N) is 2. The molecule has 0 spiro atoms. The Morgan fingerprint density at radius 3 is 2.67 bits per heavy atom. The minimum Gasteiger partial charge on any atom is -0.306 e. The summed E-state index contributed by atoms with van der Waals surface area (Å²) in [7, 11) is 2.16. The van der Waals surface area contributed by atoms with Crippen LogP contribution in [0.3, 0.4) is 0 Å². The maximum atomic E-state index is 11.7. The minimum absolute atomic E-state index is 0. The lowest BCUT2D eigenvalue weighted by molar-refractivity contribution is 0.102. The molecule has 0 atom stereocenters. The highest BCUT2D eigenvalue weighted by molar-refractivity contribution is 9.09. The predicted octanol–water partition coefficient (Wildman–Crippen LogP) is 3.42. The molecule has 1 fully saturated rings. The minimum atomic E-state index is 0. The fourth-order valence-corrected chi connectivity index (χ4v) is 3.81. The summed E-state index contributed by atoms with van der Waals surface area (Å²) in [6, 6.07) is 0. The van der Waals surface area contributed by atoms with E-state index in [1.165, 1.54) is 0 Å². The molecule has 1 aliphatic heterocycles. The maximum Gasteiger partial charge on any atom is 0.185 e. The van der Waals surface area contributed by atoms with Crippen molar-refractivity contribution in [3.8, 4) is 0 Å². The second-order valence-electron chi connectivity index (χ2n) is 4.60. The Morgan fingerprint density at radius 1 is 1.50 bits per heavy atom. The zero-order chi connectivity index (χ0) is 12.4. The van der Waals surface area contributed by atoms with Gasteiger partial charge in [-0.15, -0.1) is 28.3 Å². The highest BCUT2D eigenvalue weighted by atomic mass is 79.9. The number of hydrogen-bond donors (Lipinski definition) is 0. The van der Waals surface area contributed by atoms with Crippen LogP contribution in [0.5, 0.6) is 0 Å². The number of alkyl halides is 1. The molecule has 18 heavy (non-hydrogen) atoms. The Balaban J connectivity index is 0.00000162. The van der Waals surface area contributed by atoms with E-state index in [9.17, 15) is 4.79 Å². The Hall–Kier alpha value is 0.220. The first-order valence-electron chi connectivity index (χ1n) is 5.87. The highest BCUT2D eigenvalue weighted by Gasteiger charge is 2.23. The molecule has 1 aromatic rings. The van der Waals surface area contributed by atoms with Crippen LogP contribution in [0.1, 0.15) is 39.1 Å². The Morgan fingerprint density at radius 2 is 2.11 bits per heavy atom. The SMILES string of the molecule is Br.Cc1nc(C2CCN(C)CC2)sc1C(=O)CBr. The Kier molecular flexibility index (Phi) is 6.44. The van der Waals surface area contributed by atoms with E-state index in [0.29, 0.717) is 11.2 Å². The van der Waals surface area contributed by atoms with Gasteiger partial charge in [0.25, 0.3) is 0 Å². The first-order chi connectivity index (χ1) is 8.11. The van der Waals surface area contributed by atoms with E-state index in [1.807, 2.05) is 6.92 Å². The monoisotopic (exact) mass is 396 g/mol. The first-order valence-corrected chi connectivity index (χ1v) is 7.80.